The molecule has 24 heavy (non-hydrogen) atoms. The molecule has 5 nitrogen and oxygen atoms in total. The highest BCUT2D eigenvalue weighted by Gasteiger charge is 2.20. The van der Waals surface area contributed by atoms with Gasteiger partial charge >= 0.3 is 5.97 Å². The summed E-state index contributed by atoms with van der Waals surface area (Å²) in [4.78, 5) is 24.2. The number of benzene rings is 1. The smallest absolute Gasteiger partial charge is 0.342 e. The van der Waals surface area contributed by atoms with Crippen LogP contribution in [0.5, 0.6) is 5.75 Å². The number of nitrogens with one attached hydrogen (secondary N) is 1. The van der Waals surface area contributed by atoms with E-state index in [9.17, 15) is 9.59 Å². The largest absolute Gasteiger partial charge is 0.496 e. The van der Waals surface area contributed by atoms with E-state index in [0.29, 0.717) is 17.9 Å². The quantitative estimate of drug-likeness (QED) is 0.615. The summed E-state index contributed by atoms with van der Waals surface area (Å²) in [7, 11) is 1.49. The summed E-state index contributed by atoms with van der Waals surface area (Å²) in [6.45, 7) is 2.14. The Bertz CT molecular complexity index is 609. The number of hydrogen-bond donors (Lipinski definition) is 1. The minimum atomic E-state index is -0.845. The molecular weight excluding hydrogens is 306 g/mol. The van der Waals surface area contributed by atoms with Crippen LogP contribution in [0, 0.1) is 0 Å². The van der Waals surface area contributed by atoms with E-state index in [1.807, 2.05) is 0 Å². The molecule has 0 bridgehead atoms. The number of rotatable bonds is 7. The van der Waals surface area contributed by atoms with Crippen LogP contribution in [0.4, 0.5) is 0 Å². The summed E-state index contributed by atoms with van der Waals surface area (Å²) in [6.07, 6.45) is 7.02. The van der Waals surface area contributed by atoms with E-state index < -0.39 is 12.1 Å². The zero-order valence-electron chi connectivity index (χ0n) is 14.3. The summed E-state index contributed by atoms with van der Waals surface area (Å²) in [5.41, 5.74) is 1.72. The van der Waals surface area contributed by atoms with Gasteiger partial charge in [0.2, 0.25) is 0 Å². The second-order valence-corrected chi connectivity index (χ2v) is 5.90. The van der Waals surface area contributed by atoms with Crippen molar-refractivity contribution in [1.82, 2.24) is 5.32 Å². The van der Waals surface area contributed by atoms with Crippen molar-refractivity contribution in [3.05, 3.63) is 41.5 Å². The highest BCUT2D eigenvalue weighted by molar-refractivity contribution is 5.94. The molecule has 1 amide bonds. The number of hydrogen-bond acceptors (Lipinski definition) is 4. The fraction of sp³-hybridized carbons (Fsp3) is 0.474. The van der Waals surface area contributed by atoms with Gasteiger partial charge in [-0.2, -0.15) is 0 Å². The molecule has 0 saturated carbocycles. The molecule has 0 aromatic heterocycles. The number of carbonyl (C=O) groups excluding carboxylic acids is 2. The highest BCUT2D eigenvalue weighted by Crippen LogP contribution is 2.20. The van der Waals surface area contributed by atoms with Crippen molar-refractivity contribution in [2.24, 2.45) is 0 Å². The maximum Gasteiger partial charge on any atom is 0.342 e. The summed E-state index contributed by atoms with van der Waals surface area (Å²) < 4.78 is 10.4. The fourth-order valence-corrected chi connectivity index (χ4v) is 2.71. The van der Waals surface area contributed by atoms with Gasteiger partial charge < -0.3 is 14.8 Å². The zero-order chi connectivity index (χ0) is 17.4. The van der Waals surface area contributed by atoms with Gasteiger partial charge in [-0.15, -0.1) is 0 Å². The summed E-state index contributed by atoms with van der Waals surface area (Å²) >= 11 is 0. The lowest BCUT2D eigenvalue weighted by Gasteiger charge is -2.16. The Kier molecular flexibility index (Phi) is 6.85. The van der Waals surface area contributed by atoms with E-state index in [4.69, 9.17) is 9.47 Å². The Morgan fingerprint density at radius 3 is 2.75 bits per heavy atom. The molecule has 1 aliphatic rings. The second kappa shape index (κ2) is 9.11. The number of para-hydroxylation sites is 1. The van der Waals surface area contributed by atoms with E-state index in [2.05, 4.69) is 11.4 Å². The van der Waals surface area contributed by atoms with Crippen LogP contribution in [0.2, 0.25) is 0 Å². The molecule has 0 saturated heterocycles. The molecule has 0 heterocycles. The average Bonchev–Trinajstić information content (AvgIpc) is 2.62. The summed E-state index contributed by atoms with van der Waals surface area (Å²) in [5, 5.41) is 2.83. The molecular formula is C19H25NO4. The minimum absolute atomic E-state index is 0.283. The molecule has 0 fully saturated rings. The van der Waals surface area contributed by atoms with E-state index in [1.54, 1.807) is 31.2 Å². The van der Waals surface area contributed by atoms with E-state index in [0.717, 1.165) is 19.3 Å². The van der Waals surface area contributed by atoms with Gasteiger partial charge in [0.1, 0.15) is 11.3 Å². The van der Waals surface area contributed by atoms with Crippen LogP contribution in [0.1, 0.15) is 49.4 Å². The number of amides is 1. The van der Waals surface area contributed by atoms with Crippen LogP contribution >= 0.6 is 0 Å². The van der Waals surface area contributed by atoms with Gasteiger partial charge in [0, 0.05) is 6.54 Å². The first-order chi connectivity index (χ1) is 11.6. The van der Waals surface area contributed by atoms with Crippen LogP contribution in [0.25, 0.3) is 0 Å². The average molecular weight is 331 g/mol. The molecule has 1 aromatic carbocycles. The molecule has 0 radical (unpaired) electrons. The lowest BCUT2D eigenvalue weighted by atomic mass is 9.97. The first-order valence-electron chi connectivity index (χ1n) is 8.41. The number of methoxy groups -OCH3 is 1. The maximum absolute atomic E-state index is 12.2. The molecule has 0 unspecified atom stereocenters. The van der Waals surface area contributed by atoms with Crippen molar-refractivity contribution in [1.29, 1.82) is 0 Å². The third-order valence-corrected chi connectivity index (χ3v) is 4.11. The maximum atomic E-state index is 12.2. The monoisotopic (exact) mass is 331 g/mol. The summed E-state index contributed by atoms with van der Waals surface area (Å²) in [5.74, 6) is -0.418. The molecule has 1 aromatic rings. The molecule has 1 atom stereocenters. The number of carbonyl (C=O) groups is 2. The topological polar surface area (TPSA) is 64.6 Å². The van der Waals surface area contributed by atoms with Crippen LogP contribution in [0.3, 0.4) is 0 Å². The zero-order valence-corrected chi connectivity index (χ0v) is 14.3. The lowest BCUT2D eigenvalue weighted by Crippen LogP contribution is -2.36. The van der Waals surface area contributed by atoms with Crippen molar-refractivity contribution >= 4 is 11.9 Å². The van der Waals surface area contributed by atoms with E-state index in [1.165, 1.54) is 25.5 Å². The van der Waals surface area contributed by atoms with E-state index in [-0.39, 0.29) is 5.91 Å². The predicted octanol–water partition coefficient (Wildman–Crippen LogP) is 3.25. The standard InChI is InChI=1S/C19H25NO4/c1-14(18(21)20-13-12-15-8-4-3-5-9-15)24-19(22)16-10-6-7-11-17(16)23-2/h6-8,10-11,14H,3-5,9,12-13H2,1-2H3,(H,20,21)/t14-/m1/s1. The van der Waals surface area contributed by atoms with E-state index >= 15 is 0 Å². The highest BCUT2D eigenvalue weighted by atomic mass is 16.5. The Morgan fingerprint density at radius 1 is 1.25 bits per heavy atom. The molecule has 0 spiro atoms. The van der Waals surface area contributed by atoms with Gasteiger partial charge in [-0.05, 0) is 51.2 Å². The third kappa shape index (κ3) is 5.11. The van der Waals surface area contributed by atoms with Crippen molar-refractivity contribution in [2.45, 2.75) is 45.1 Å². The minimum Gasteiger partial charge on any atom is -0.496 e. The van der Waals surface area contributed by atoms with Crippen molar-refractivity contribution in [3.8, 4) is 5.75 Å². The van der Waals surface area contributed by atoms with Gasteiger partial charge in [-0.3, -0.25) is 4.79 Å². The molecule has 130 valence electrons. The molecule has 1 N–H and O–H groups in total. The van der Waals surface area contributed by atoms with Gasteiger partial charge in [0.05, 0.1) is 7.11 Å². The fourth-order valence-electron chi connectivity index (χ4n) is 2.71. The second-order valence-electron chi connectivity index (χ2n) is 5.90. The Hall–Kier alpha value is -2.30. The first kappa shape index (κ1) is 18.0. The first-order valence-corrected chi connectivity index (χ1v) is 8.41. The van der Waals surface area contributed by atoms with Crippen LogP contribution in [-0.4, -0.2) is 31.6 Å². The molecule has 2 rings (SSSR count). The van der Waals surface area contributed by atoms with Crippen LogP contribution < -0.4 is 10.1 Å². The predicted molar refractivity (Wildman–Crippen MR) is 92.0 cm³/mol. The van der Waals surface area contributed by atoms with Gasteiger partial charge in [-0.25, -0.2) is 4.79 Å². The lowest BCUT2D eigenvalue weighted by molar-refractivity contribution is -0.129. The number of allylic oxidation sites excluding steroid dienone is 1. The molecule has 5 heteroatoms. The van der Waals surface area contributed by atoms with Crippen LogP contribution in [-0.2, 0) is 9.53 Å². The Labute approximate surface area is 143 Å². The van der Waals surface area contributed by atoms with Crippen LogP contribution in [0.15, 0.2) is 35.9 Å². The van der Waals surface area contributed by atoms with Gasteiger partial charge in [-0.1, -0.05) is 23.8 Å². The SMILES string of the molecule is COc1ccccc1C(=O)O[C@H](C)C(=O)NCCC1=CCCCC1. The Balaban J connectivity index is 1.80. The number of esters is 1. The van der Waals surface area contributed by atoms with Crippen molar-refractivity contribution < 1.29 is 19.1 Å². The van der Waals surface area contributed by atoms with Crippen molar-refractivity contribution in [2.75, 3.05) is 13.7 Å². The Morgan fingerprint density at radius 2 is 2.04 bits per heavy atom. The normalized spacial score (nSPS) is 15.2. The van der Waals surface area contributed by atoms with Gasteiger partial charge in [0.25, 0.3) is 5.91 Å². The van der Waals surface area contributed by atoms with Crippen molar-refractivity contribution in [3.63, 3.8) is 0 Å². The summed E-state index contributed by atoms with van der Waals surface area (Å²) in [6, 6.07) is 6.79. The molecule has 0 aliphatic heterocycles. The van der Waals surface area contributed by atoms with Gasteiger partial charge in [0.15, 0.2) is 6.10 Å². The number of ether oxygens (including phenoxy) is 2. The third-order valence-electron chi connectivity index (χ3n) is 4.11. The molecule has 1 aliphatic carbocycles.